The largest absolute Gasteiger partial charge is 0.370 e. The fourth-order valence-corrected chi connectivity index (χ4v) is 1.08. The lowest BCUT2D eigenvalue weighted by Crippen LogP contribution is -2.07. The Bertz CT molecular complexity index is 263. The topological polar surface area (TPSA) is 53.1 Å². The number of fused-ring (bicyclic) bond motifs is 1. The van der Waals surface area contributed by atoms with Gasteiger partial charge in [-0.05, 0) is 6.42 Å². The van der Waals surface area contributed by atoms with E-state index in [1.165, 1.54) is 0 Å². The van der Waals surface area contributed by atoms with Gasteiger partial charge in [0.15, 0.2) is 0 Å². The number of aromatic nitrogens is 2. The molecule has 0 amide bonds. The molecule has 1 aromatic heterocycles. The van der Waals surface area contributed by atoms with Gasteiger partial charge < -0.3 is 5.32 Å². The van der Waals surface area contributed by atoms with Crippen molar-refractivity contribution in [3.05, 3.63) is 11.8 Å². The minimum absolute atomic E-state index is 0.900. The van der Waals surface area contributed by atoms with Crippen molar-refractivity contribution in [1.29, 1.82) is 0 Å². The molecule has 0 fully saturated rings. The molecule has 2 rings (SSSR count). The van der Waals surface area contributed by atoms with Crippen molar-refractivity contribution in [1.82, 2.24) is 10.2 Å². The predicted octanol–water partition coefficient (Wildman–Crippen LogP) is 0.644. The second kappa shape index (κ2) is 2.74. The zero-order chi connectivity index (χ0) is 7.52. The van der Waals surface area contributed by atoms with Gasteiger partial charge in [0.2, 0.25) is 0 Å². The Balaban J connectivity index is 2.31. The van der Waals surface area contributed by atoms with Gasteiger partial charge in [0.1, 0.15) is 5.82 Å². The molecule has 0 radical (unpaired) electrons. The van der Waals surface area contributed by atoms with Crippen molar-refractivity contribution >= 4 is 12.0 Å². The van der Waals surface area contributed by atoms with Crippen LogP contribution in [0.15, 0.2) is 11.2 Å². The van der Waals surface area contributed by atoms with Crippen LogP contribution in [-0.4, -0.2) is 29.5 Å². The van der Waals surface area contributed by atoms with Crippen LogP contribution in [0.2, 0.25) is 0 Å². The highest BCUT2D eigenvalue weighted by atomic mass is 15.2. The van der Waals surface area contributed by atoms with Gasteiger partial charge in [-0.2, -0.15) is 5.10 Å². The van der Waals surface area contributed by atoms with Crippen molar-refractivity contribution in [3.8, 4) is 0 Å². The first-order valence-corrected chi connectivity index (χ1v) is 3.74. The second-order valence-electron chi connectivity index (χ2n) is 2.52. The van der Waals surface area contributed by atoms with E-state index in [2.05, 4.69) is 20.5 Å². The minimum atomic E-state index is 0.900. The fraction of sp³-hybridized carbons (Fsp3) is 0.429. The monoisotopic (exact) mass is 150 g/mol. The number of aliphatic imine (C=N–C) groups is 1. The summed E-state index contributed by atoms with van der Waals surface area (Å²) < 4.78 is 0. The number of hydrogen-bond acceptors (Lipinski definition) is 3. The SMILES string of the molecule is C1=NCCCNc2[nH]ncc21. The number of nitrogens with zero attached hydrogens (tertiary/aromatic N) is 2. The van der Waals surface area contributed by atoms with Crippen molar-refractivity contribution in [3.63, 3.8) is 0 Å². The zero-order valence-electron chi connectivity index (χ0n) is 6.17. The first-order valence-electron chi connectivity index (χ1n) is 3.74. The number of anilines is 1. The Kier molecular flexibility index (Phi) is 1.59. The molecule has 0 saturated heterocycles. The van der Waals surface area contributed by atoms with Crippen LogP contribution < -0.4 is 5.32 Å². The maximum absolute atomic E-state index is 4.22. The molecule has 58 valence electrons. The molecular weight excluding hydrogens is 140 g/mol. The molecule has 11 heavy (non-hydrogen) atoms. The third-order valence-electron chi connectivity index (χ3n) is 1.66. The third-order valence-corrected chi connectivity index (χ3v) is 1.66. The summed E-state index contributed by atoms with van der Waals surface area (Å²) in [6, 6.07) is 0. The third kappa shape index (κ3) is 1.24. The summed E-state index contributed by atoms with van der Waals surface area (Å²) in [5, 5.41) is 10.0. The first kappa shape index (κ1) is 6.39. The summed E-state index contributed by atoms with van der Waals surface area (Å²) in [4.78, 5) is 4.22. The molecular formula is C7H10N4. The van der Waals surface area contributed by atoms with Gasteiger partial charge in [-0.1, -0.05) is 0 Å². The molecule has 0 saturated carbocycles. The van der Waals surface area contributed by atoms with E-state index in [0.717, 1.165) is 30.9 Å². The molecule has 1 aliphatic rings. The normalized spacial score (nSPS) is 16.4. The molecule has 0 aromatic carbocycles. The highest BCUT2D eigenvalue weighted by Crippen LogP contribution is 2.09. The quantitative estimate of drug-likeness (QED) is 0.570. The van der Waals surface area contributed by atoms with Crippen LogP contribution in [0.5, 0.6) is 0 Å². The van der Waals surface area contributed by atoms with Crippen LogP contribution in [0, 0.1) is 0 Å². The zero-order valence-corrected chi connectivity index (χ0v) is 6.17. The Morgan fingerprint density at radius 3 is 3.45 bits per heavy atom. The smallest absolute Gasteiger partial charge is 0.130 e. The molecule has 0 bridgehead atoms. The van der Waals surface area contributed by atoms with Crippen LogP contribution in [0.4, 0.5) is 5.82 Å². The average molecular weight is 150 g/mol. The highest BCUT2D eigenvalue weighted by Gasteiger charge is 2.02. The summed E-state index contributed by atoms with van der Waals surface area (Å²) >= 11 is 0. The maximum Gasteiger partial charge on any atom is 0.130 e. The van der Waals surface area contributed by atoms with Crippen molar-refractivity contribution in [2.75, 3.05) is 18.4 Å². The van der Waals surface area contributed by atoms with Gasteiger partial charge in [0, 0.05) is 19.3 Å². The summed E-state index contributed by atoms with van der Waals surface area (Å²) in [7, 11) is 0. The lowest BCUT2D eigenvalue weighted by molar-refractivity contribution is 0.867. The number of H-pyrrole nitrogens is 1. The van der Waals surface area contributed by atoms with Crippen LogP contribution in [0.3, 0.4) is 0 Å². The average Bonchev–Trinajstić information content (AvgIpc) is 2.35. The Labute approximate surface area is 64.7 Å². The molecule has 0 unspecified atom stereocenters. The minimum Gasteiger partial charge on any atom is -0.370 e. The van der Waals surface area contributed by atoms with Crippen LogP contribution in [0.1, 0.15) is 12.0 Å². The second-order valence-corrected chi connectivity index (χ2v) is 2.52. The van der Waals surface area contributed by atoms with Crippen LogP contribution >= 0.6 is 0 Å². The first-order chi connectivity index (χ1) is 5.47. The van der Waals surface area contributed by atoms with E-state index < -0.39 is 0 Å². The van der Waals surface area contributed by atoms with Crippen LogP contribution in [0.25, 0.3) is 0 Å². The van der Waals surface area contributed by atoms with E-state index in [4.69, 9.17) is 0 Å². The molecule has 2 N–H and O–H groups in total. The van der Waals surface area contributed by atoms with E-state index in [1.54, 1.807) is 6.20 Å². The van der Waals surface area contributed by atoms with Crippen LogP contribution in [-0.2, 0) is 0 Å². The van der Waals surface area contributed by atoms with Crippen molar-refractivity contribution < 1.29 is 0 Å². The number of nitrogens with one attached hydrogen (secondary N) is 2. The summed E-state index contributed by atoms with van der Waals surface area (Å²) in [5.74, 6) is 0.980. The molecule has 2 heterocycles. The summed E-state index contributed by atoms with van der Waals surface area (Å²) in [6.07, 6.45) is 4.71. The lowest BCUT2D eigenvalue weighted by Gasteiger charge is -2.05. The van der Waals surface area contributed by atoms with Gasteiger partial charge in [-0.15, -0.1) is 0 Å². The molecule has 4 nitrogen and oxygen atoms in total. The highest BCUT2D eigenvalue weighted by molar-refractivity contribution is 5.86. The molecule has 1 aromatic rings. The van der Waals surface area contributed by atoms with Crippen molar-refractivity contribution in [2.45, 2.75) is 6.42 Å². The van der Waals surface area contributed by atoms with E-state index in [1.807, 2.05) is 6.21 Å². The molecule has 0 atom stereocenters. The Morgan fingerprint density at radius 1 is 1.45 bits per heavy atom. The Morgan fingerprint density at radius 2 is 2.45 bits per heavy atom. The number of aromatic amines is 1. The number of hydrogen-bond donors (Lipinski definition) is 2. The fourth-order valence-electron chi connectivity index (χ4n) is 1.08. The number of rotatable bonds is 0. The van der Waals surface area contributed by atoms with E-state index in [0.29, 0.717) is 0 Å². The Hall–Kier alpha value is -1.32. The van der Waals surface area contributed by atoms with E-state index >= 15 is 0 Å². The van der Waals surface area contributed by atoms with Gasteiger partial charge in [0.05, 0.1) is 11.8 Å². The lowest BCUT2D eigenvalue weighted by atomic mass is 10.3. The molecule has 4 heteroatoms. The standard InChI is InChI=1S/C7H10N4/c1-2-8-4-6-5-10-11-7(6)9-3-1/h4-5H,1-3H2,(H2,9,10,11). The van der Waals surface area contributed by atoms with Gasteiger partial charge in [-0.25, -0.2) is 0 Å². The molecule has 0 aliphatic carbocycles. The van der Waals surface area contributed by atoms with E-state index in [-0.39, 0.29) is 0 Å². The predicted molar refractivity (Wildman–Crippen MR) is 44.2 cm³/mol. The van der Waals surface area contributed by atoms with Gasteiger partial charge >= 0.3 is 0 Å². The van der Waals surface area contributed by atoms with Crippen molar-refractivity contribution in [2.24, 2.45) is 4.99 Å². The summed E-state index contributed by atoms with van der Waals surface area (Å²) in [5.41, 5.74) is 1.05. The van der Waals surface area contributed by atoms with Gasteiger partial charge in [-0.3, -0.25) is 10.1 Å². The molecule has 1 aliphatic heterocycles. The van der Waals surface area contributed by atoms with Gasteiger partial charge in [0.25, 0.3) is 0 Å². The molecule has 0 spiro atoms. The van der Waals surface area contributed by atoms with E-state index in [9.17, 15) is 0 Å². The maximum atomic E-state index is 4.22. The summed E-state index contributed by atoms with van der Waals surface area (Å²) in [6.45, 7) is 1.87.